The van der Waals surface area contributed by atoms with Crippen molar-refractivity contribution in [2.45, 2.75) is 71.8 Å². The summed E-state index contributed by atoms with van der Waals surface area (Å²) in [5, 5.41) is 22.0. The van der Waals surface area contributed by atoms with Crippen molar-refractivity contribution in [2.75, 3.05) is 45.8 Å². The highest BCUT2D eigenvalue weighted by Crippen LogP contribution is 2.34. The summed E-state index contributed by atoms with van der Waals surface area (Å²) in [7, 11) is 0. The molecule has 8 nitrogen and oxygen atoms in total. The fourth-order valence-corrected chi connectivity index (χ4v) is 7.28. The average Bonchev–Trinajstić information content (AvgIpc) is 2.97. The zero-order valence-corrected chi connectivity index (χ0v) is 28.4. The molecular formula is C32H48Br2N4O4. The molecule has 2 aromatic carbocycles. The third-order valence-electron chi connectivity index (χ3n) is 10.1. The minimum Gasteiger partial charge on any atom is -1.00 e. The van der Waals surface area contributed by atoms with E-state index in [1.54, 1.807) is 24.3 Å². The highest BCUT2D eigenvalue weighted by Gasteiger charge is 2.35. The molecule has 0 atom stereocenters. The molecular weight excluding hydrogens is 664 g/mol. The first kappa shape index (κ1) is 36.3. The number of nitro groups is 2. The molecule has 0 radical (unpaired) electrons. The lowest BCUT2D eigenvalue weighted by Gasteiger charge is -2.45. The maximum Gasteiger partial charge on any atom is 0.269 e. The molecule has 2 aliphatic heterocycles. The van der Waals surface area contributed by atoms with Crippen LogP contribution in [0.2, 0.25) is 0 Å². The van der Waals surface area contributed by atoms with Crippen molar-refractivity contribution in [3.63, 3.8) is 0 Å². The Morgan fingerprint density at radius 2 is 1.10 bits per heavy atom. The van der Waals surface area contributed by atoms with Gasteiger partial charge in [0.25, 0.3) is 11.4 Å². The van der Waals surface area contributed by atoms with E-state index in [2.05, 4.69) is 13.8 Å². The largest absolute Gasteiger partial charge is 1.00 e. The van der Waals surface area contributed by atoms with Gasteiger partial charge in [-0.25, -0.2) is 0 Å². The standard InChI is InChI=1S/C32H48N4O4.2BrH/c1-3-20-36(26-30-9-13-32(14-10-30)34(39)40)24-18-29(19-25-36)6-5-28-16-22-35(4-2,23-17-28)21-15-27-7-11-31(12-8-27)33(37)38;;/h7-14,28-29H,3-6,15-26H2,1-2H3;2*1H/q+2;;/p-2. The number of likely N-dealkylation sites (N-methyl/N-ethyl adjacent to an activating group) is 1. The van der Waals surface area contributed by atoms with Crippen molar-refractivity contribution >= 4 is 11.4 Å². The Balaban J connectivity index is 0.00000308. The van der Waals surface area contributed by atoms with Crippen LogP contribution in [-0.4, -0.2) is 64.6 Å². The Kier molecular flexibility index (Phi) is 14.5. The first-order valence-corrected chi connectivity index (χ1v) is 15.4. The maximum atomic E-state index is 11.0. The Hall–Kier alpha value is -1.88. The Morgan fingerprint density at radius 1 is 0.667 bits per heavy atom. The molecule has 42 heavy (non-hydrogen) atoms. The highest BCUT2D eigenvalue weighted by molar-refractivity contribution is 5.33. The maximum absolute atomic E-state index is 11.0. The number of non-ortho nitro benzene ring substituents is 2. The minimum absolute atomic E-state index is 0. The monoisotopic (exact) mass is 710 g/mol. The SMILES string of the molecule is CCC[N+]1(Cc2ccc([N+](=O)[O-])cc2)CCC(CCC2CC[N+](CC)(CCc3ccc([N+](=O)[O-])cc3)CC2)CC1.[Br-].[Br-]. The van der Waals surface area contributed by atoms with Crippen LogP contribution in [0.4, 0.5) is 11.4 Å². The summed E-state index contributed by atoms with van der Waals surface area (Å²) < 4.78 is 2.30. The number of quaternary nitrogens is 2. The van der Waals surface area contributed by atoms with E-state index in [0.29, 0.717) is 0 Å². The van der Waals surface area contributed by atoms with Crippen LogP contribution in [0.3, 0.4) is 0 Å². The molecule has 4 rings (SSSR count). The Labute approximate surface area is 272 Å². The number of halogens is 2. The molecule has 10 heteroatoms. The van der Waals surface area contributed by atoms with Gasteiger partial charge in [-0.15, -0.1) is 0 Å². The number of nitro benzene ring substituents is 2. The third-order valence-corrected chi connectivity index (χ3v) is 10.1. The van der Waals surface area contributed by atoms with Gasteiger partial charge < -0.3 is 42.9 Å². The van der Waals surface area contributed by atoms with E-state index in [4.69, 9.17) is 0 Å². The van der Waals surface area contributed by atoms with Crippen molar-refractivity contribution < 1.29 is 52.8 Å². The van der Waals surface area contributed by atoms with Gasteiger partial charge in [-0.3, -0.25) is 20.2 Å². The van der Waals surface area contributed by atoms with Crippen LogP contribution in [0.5, 0.6) is 0 Å². The summed E-state index contributed by atoms with van der Waals surface area (Å²) in [5.74, 6) is 1.67. The molecule has 2 saturated heterocycles. The molecule has 234 valence electrons. The number of nitrogens with zero attached hydrogens (tertiary/aromatic N) is 4. The molecule has 2 heterocycles. The van der Waals surface area contributed by atoms with Crippen molar-refractivity contribution in [3.8, 4) is 0 Å². The number of hydrogen-bond acceptors (Lipinski definition) is 4. The van der Waals surface area contributed by atoms with Gasteiger partial charge in [0.15, 0.2) is 0 Å². The summed E-state index contributed by atoms with van der Waals surface area (Å²) in [6.07, 6.45) is 10.1. The fourth-order valence-electron chi connectivity index (χ4n) is 7.28. The van der Waals surface area contributed by atoms with Crippen molar-refractivity contribution in [2.24, 2.45) is 11.8 Å². The summed E-state index contributed by atoms with van der Waals surface area (Å²) in [6.45, 7) is 14.0. The van der Waals surface area contributed by atoms with Gasteiger partial charge in [-0.2, -0.15) is 0 Å². The lowest BCUT2D eigenvalue weighted by Crippen LogP contribution is -3.00. The lowest BCUT2D eigenvalue weighted by molar-refractivity contribution is -0.946. The van der Waals surface area contributed by atoms with Gasteiger partial charge >= 0.3 is 0 Å². The van der Waals surface area contributed by atoms with E-state index in [1.807, 2.05) is 24.3 Å². The van der Waals surface area contributed by atoms with Gasteiger partial charge in [0.05, 0.1) is 55.7 Å². The molecule has 2 fully saturated rings. The van der Waals surface area contributed by atoms with Crippen LogP contribution >= 0.6 is 0 Å². The summed E-state index contributed by atoms with van der Waals surface area (Å²) in [5.41, 5.74) is 2.75. The Morgan fingerprint density at radius 3 is 1.50 bits per heavy atom. The minimum atomic E-state index is -0.329. The molecule has 2 aliphatic rings. The molecule has 0 unspecified atom stereocenters. The molecule has 0 N–H and O–H groups in total. The quantitative estimate of drug-likeness (QED) is 0.176. The van der Waals surface area contributed by atoms with E-state index in [-0.39, 0.29) is 55.2 Å². The van der Waals surface area contributed by atoms with Crippen LogP contribution < -0.4 is 34.0 Å². The topological polar surface area (TPSA) is 86.3 Å². The van der Waals surface area contributed by atoms with Gasteiger partial charge in [0, 0.05) is 36.2 Å². The van der Waals surface area contributed by atoms with Crippen LogP contribution in [-0.2, 0) is 13.0 Å². The molecule has 0 spiro atoms. The summed E-state index contributed by atoms with van der Waals surface area (Å²) in [4.78, 5) is 21.3. The van der Waals surface area contributed by atoms with E-state index >= 15 is 0 Å². The fraction of sp³-hybridized carbons (Fsp3) is 0.625. The van der Waals surface area contributed by atoms with Gasteiger partial charge in [-0.05, 0) is 81.4 Å². The van der Waals surface area contributed by atoms with Crippen molar-refractivity contribution in [1.29, 1.82) is 0 Å². The van der Waals surface area contributed by atoms with Crippen LogP contribution in [0.15, 0.2) is 48.5 Å². The number of rotatable bonds is 13. The van der Waals surface area contributed by atoms with Gasteiger partial charge in [0.1, 0.15) is 6.54 Å². The number of benzene rings is 2. The second-order valence-electron chi connectivity index (χ2n) is 12.6. The first-order chi connectivity index (χ1) is 19.3. The first-order valence-electron chi connectivity index (χ1n) is 15.4. The van der Waals surface area contributed by atoms with Crippen LogP contribution in [0.25, 0.3) is 0 Å². The molecule has 0 bridgehead atoms. The number of hydrogen-bond donors (Lipinski definition) is 0. The second kappa shape index (κ2) is 16.8. The van der Waals surface area contributed by atoms with Gasteiger partial charge in [0.2, 0.25) is 0 Å². The second-order valence-corrected chi connectivity index (χ2v) is 12.6. The number of likely N-dealkylation sites (tertiary alicyclic amines) is 2. The summed E-state index contributed by atoms with van der Waals surface area (Å²) >= 11 is 0. The molecule has 2 aromatic rings. The predicted octanol–water partition coefficient (Wildman–Crippen LogP) is 0.917. The highest BCUT2D eigenvalue weighted by atomic mass is 79.9. The van der Waals surface area contributed by atoms with Crippen LogP contribution in [0, 0.1) is 32.1 Å². The van der Waals surface area contributed by atoms with E-state index in [0.717, 1.165) is 42.4 Å². The predicted molar refractivity (Wildman–Crippen MR) is 159 cm³/mol. The molecule has 0 aliphatic carbocycles. The smallest absolute Gasteiger partial charge is 0.269 e. The normalized spacial score (nSPS) is 25.6. The van der Waals surface area contributed by atoms with Crippen LogP contribution in [0.1, 0.15) is 69.9 Å². The van der Waals surface area contributed by atoms with Crippen molar-refractivity contribution in [3.05, 3.63) is 79.9 Å². The number of piperidine rings is 2. The third kappa shape index (κ3) is 9.82. The Bertz CT molecular complexity index is 1110. The average molecular weight is 713 g/mol. The lowest BCUT2D eigenvalue weighted by atomic mass is 9.83. The van der Waals surface area contributed by atoms with E-state index in [1.165, 1.54) is 93.3 Å². The molecule has 0 amide bonds. The van der Waals surface area contributed by atoms with Crippen molar-refractivity contribution in [1.82, 2.24) is 0 Å². The zero-order chi connectivity index (χ0) is 28.6. The zero-order valence-electron chi connectivity index (χ0n) is 25.3. The van der Waals surface area contributed by atoms with Gasteiger partial charge in [-0.1, -0.05) is 19.1 Å². The summed E-state index contributed by atoms with van der Waals surface area (Å²) in [6, 6.07) is 14.3. The molecule has 0 saturated carbocycles. The van der Waals surface area contributed by atoms with E-state index < -0.39 is 0 Å². The van der Waals surface area contributed by atoms with E-state index in [9.17, 15) is 20.2 Å². The molecule has 0 aromatic heterocycles.